The van der Waals surface area contributed by atoms with Gasteiger partial charge in [0, 0.05) is 6.54 Å². The van der Waals surface area contributed by atoms with Gasteiger partial charge in [-0.05, 0) is 13.0 Å². The van der Waals surface area contributed by atoms with Crippen LogP contribution in [0.4, 0.5) is 28.9 Å². The van der Waals surface area contributed by atoms with Gasteiger partial charge in [-0.25, -0.2) is 9.18 Å². The fourth-order valence-electron chi connectivity index (χ4n) is 1.70. The van der Waals surface area contributed by atoms with Crippen LogP contribution in [-0.2, 0) is 0 Å². The molecule has 0 aliphatic rings. The Bertz CT molecular complexity index is 574. The van der Waals surface area contributed by atoms with E-state index in [1.54, 1.807) is 0 Å². The van der Waals surface area contributed by atoms with Gasteiger partial charge in [-0.2, -0.15) is 13.2 Å². The van der Waals surface area contributed by atoms with E-state index in [0.29, 0.717) is 17.0 Å². The van der Waals surface area contributed by atoms with Crippen LogP contribution < -0.4 is 4.90 Å². The van der Waals surface area contributed by atoms with E-state index in [2.05, 4.69) is 0 Å². The van der Waals surface area contributed by atoms with Gasteiger partial charge in [0.15, 0.2) is 0 Å². The number of halogens is 4. The van der Waals surface area contributed by atoms with E-state index in [-0.39, 0.29) is 6.54 Å². The summed E-state index contributed by atoms with van der Waals surface area (Å²) in [6.45, 7) is -0.487. The number of nitro benzene ring substituents is 1. The quantitative estimate of drug-likeness (QED) is 0.513. The minimum absolute atomic E-state index is 0.273. The fourth-order valence-corrected chi connectivity index (χ4v) is 1.70. The Morgan fingerprint density at radius 2 is 2.00 bits per heavy atom. The van der Waals surface area contributed by atoms with Gasteiger partial charge in [-0.15, -0.1) is 0 Å². The van der Waals surface area contributed by atoms with Crippen molar-refractivity contribution in [2.24, 2.45) is 0 Å². The van der Waals surface area contributed by atoms with Gasteiger partial charge in [0.2, 0.25) is 0 Å². The molecular weight excluding hydrogens is 300 g/mol. The standard InChI is InChI=1S/C11H10F4N2O4/c1-2-16(5-11(13,14)15)8-3-6(10(18)19)7(12)4-9(8)17(20)21/h3-4H,2,5H2,1H3,(H,18,19). The monoisotopic (exact) mass is 310 g/mol. The molecular formula is C11H10F4N2O4. The summed E-state index contributed by atoms with van der Waals surface area (Å²) in [6.07, 6.45) is -4.65. The Morgan fingerprint density at radius 3 is 2.38 bits per heavy atom. The molecule has 1 rings (SSSR count). The number of rotatable bonds is 5. The molecule has 6 nitrogen and oxygen atoms in total. The number of carboxylic acid groups (broad SMARTS) is 1. The third-order valence-corrected chi connectivity index (χ3v) is 2.58. The van der Waals surface area contributed by atoms with Crippen molar-refractivity contribution in [2.75, 3.05) is 18.0 Å². The first-order valence-electron chi connectivity index (χ1n) is 5.59. The molecule has 0 aromatic heterocycles. The average molecular weight is 310 g/mol. The fraction of sp³-hybridized carbons (Fsp3) is 0.364. The van der Waals surface area contributed by atoms with Crippen molar-refractivity contribution < 1.29 is 32.4 Å². The number of nitro groups is 1. The SMILES string of the molecule is CCN(CC(F)(F)F)c1cc(C(=O)O)c(F)cc1[N+](=O)[O-]. The van der Waals surface area contributed by atoms with Crippen LogP contribution in [-0.4, -0.2) is 35.3 Å². The van der Waals surface area contributed by atoms with Gasteiger partial charge < -0.3 is 10.0 Å². The summed E-state index contributed by atoms with van der Waals surface area (Å²) in [5.41, 5.74) is -2.46. The van der Waals surface area contributed by atoms with Crippen molar-refractivity contribution in [2.45, 2.75) is 13.1 Å². The highest BCUT2D eigenvalue weighted by Crippen LogP contribution is 2.33. The lowest BCUT2D eigenvalue weighted by Gasteiger charge is -2.24. The van der Waals surface area contributed by atoms with E-state index in [1.165, 1.54) is 6.92 Å². The van der Waals surface area contributed by atoms with Gasteiger partial charge in [-0.3, -0.25) is 10.1 Å². The van der Waals surface area contributed by atoms with Crippen molar-refractivity contribution in [1.29, 1.82) is 0 Å². The summed E-state index contributed by atoms with van der Waals surface area (Å²) in [7, 11) is 0. The number of aromatic carboxylic acids is 1. The third-order valence-electron chi connectivity index (χ3n) is 2.58. The normalized spacial score (nSPS) is 11.3. The molecule has 21 heavy (non-hydrogen) atoms. The largest absolute Gasteiger partial charge is 0.478 e. The summed E-state index contributed by atoms with van der Waals surface area (Å²) in [5, 5.41) is 19.6. The maximum absolute atomic E-state index is 13.4. The van der Waals surface area contributed by atoms with Crippen LogP contribution in [0.5, 0.6) is 0 Å². The summed E-state index contributed by atoms with van der Waals surface area (Å²) in [6, 6.07) is 0.836. The van der Waals surface area contributed by atoms with E-state index in [9.17, 15) is 32.5 Å². The number of anilines is 1. The number of alkyl halides is 3. The molecule has 0 saturated heterocycles. The molecule has 0 bridgehead atoms. The van der Waals surface area contributed by atoms with Gasteiger partial charge in [-0.1, -0.05) is 0 Å². The number of benzene rings is 1. The van der Waals surface area contributed by atoms with E-state index in [4.69, 9.17) is 5.11 Å². The Kier molecular flexibility index (Phi) is 4.71. The number of carbonyl (C=O) groups is 1. The van der Waals surface area contributed by atoms with Crippen molar-refractivity contribution >= 4 is 17.3 Å². The first kappa shape index (κ1) is 16.7. The maximum atomic E-state index is 13.4. The Morgan fingerprint density at radius 1 is 1.43 bits per heavy atom. The topological polar surface area (TPSA) is 83.7 Å². The summed E-state index contributed by atoms with van der Waals surface area (Å²) >= 11 is 0. The summed E-state index contributed by atoms with van der Waals surface area (Å²) in [5.74, 6) is -3.12. The van der Waals surface area contributed by atoms with Crippen LogP contribution in [0.25, 0.3) is 0 Å². The zero-order valence-corrected chi connectivity index (χ0v) is 10.6. The lowest BCUT2D eigenvalue weighted by molar-refractivity contribution is -0.384. The number of hydrogen-bond acceptors (Lipinski definition) is 4. The van der Waals surface area contributed by atoms with Crippen molar-refractivity contribution in [3.8, 4) is 0 Å². The van der Waals surface area contributed by atoms with Gasteiger partial charge in [0.05, 0.1) is 16.6 Å². The minimum Gasteiger partial charge on any atom is -0.478 e. The predicted molar refractivity (Wildman–Crippen MR) is 64.0 cm³/mol. The van der Waals surface area contributed by atoms with Gasteiger partial charge >= 0.3 is 12.1 Å². The molecule has 0 radical (unpaired) electrons. The van der Waals surface area contributed by atoms with Crippen molar-refractivity contribution in [3.63, 3.8) is 0 Å². The van der Waals surface area contributed by atoms with Crippen LogP contribution in [0.3, 0.4) is 0 Å². The Labute approximate surface area is 115 Å². The van der Waals surface area contributed by atoms with E-state index in [1.807, 2.05) is 0 Å². The second kappa shape index (κ2) is 5.94. The van der Waals surface area contributed by atoms with Crippen LogP contribution >= 0.6 is 0 Å². The average Bonchev–Trinajstić information content (AvgIpc) is 2.34. The maximum Gasteiger partial charge on any atom is 0.405 e. The lowest BCUT2D eigenvalue weighted by Crippen LogP contribution is -2.34. The number of hydrogen-bond donors (Lipinski definition) is 1. The Hall–Kier alpha value is -2.39. The van der Waals surface area contributed by atoms with Gasteiger partial charge in [0.25, 0.3) is 5.69 Å². The highest BCUT2D eigenvalue weighted by Gasteiger charge is 2.33. The molecule has 0 aliphatic carbocycles. The smallest absolute Gasteiger partial charge is 0.405 e. The summed E-state index contributed by atoms with van der Waals surface area (Å²) < 4.78 is 50.8. The second-order valence-electron chi connectivity index (χ2n) is 4.01. The number of nitrogens with zero attached hydrogens (tertiary/aromatic N) is 2. The first-order valence-corrected chi connectivity index (χ1v) is 5.59. The number of carboxylic acids is 1. The van der Waals surface area contributed by atoms with E-state index >= 15 is 0 Å². The molecule has 0 amide bonds. The molecule has 0 atom stereocenters. The Balaban J connectivity index is 3.45. The molecule has 0 fully saturated rings. The molecule has 1 aromatic carbocycles. The zero-order chi connectivity index (χ0) is 16.4. The highest BCUT2D eigenvalue weighted by molar-refractivity contribution is 5.90. The molecule has 0 saturated carbocycles. The molecule has 1 aromatic rings. The van der Waals surface area contributed by atoms with Crippen LogP contribution in [0.15, 0.2) is 12.1 Å². The van der Waals surface area contributed by atoms with Gasteiger partial charge in [0.1, 0.15) is 18.0 Å². The molecule has 1 N–H and O–H groups in total. The lowest BCUT2D eigenvalue weighted by atomic mass is 10.1. The minimum atomic E-state index is -4.65. The zero-order valence-electron chi connectivity index (χ0n) is 10.6. The van der Waals surface area contributed by atoms with Crippen LogP contribution in [0, 0.1) is 15.9 Å². The van der Waals surface area contributed by atoms with Crippen LogP contribution in [0.2, 0.25) is 0 Å². The summed E-state index contributed by atoms with van der Waals surface area (Å²) in [4.78, 5) is 21.1. The van der Waals surface area contributed by atoms with Crippen molar-refractivity contribution in [1.82, 2.24) is 0 Å². The molecule has 0 spiro atoms. The molecule has 0 unspecified atom stereocenters. The van der Waals surface area contributed by atoms with E-state index in [0.717, 1.165) is 0 Å². The molecule has 0 heterocycles. The predicted octanol–water partition coefficient (Wildman–Crippen LogP) is 2.82. The second-order valence-corrected chi connectivity index (χ2v) is 4.01. The highest BCUT2D eigenvalue weighted by atomic mass is 19.4. The molecule has 0 aliphatic heterocycles. The first-order chi connectivity index (χ1) is 9.56. The van der Waals surface area contributed by atoms with Crippen molar-refractivity contribution in [3.05, 3.63) is 33.6 Å². The van der Waals surface area contributed by atoms with E-state index < -0.39 is 46.4 Å². The molecule has 10 heteroatoms. The molecule has 116 valence electrons. The van der Waals surface area contributed by atoms with Crippen LogP contribution in [0.1, 0.15) is 17.3 Å². The third kappa shape index (κ3) is 4.04.